The van der Waals surface area contributed by atoms with E-state index in [4.69, 9.17) is 9.84 Å². The molecule has 2 unspecified atom stereocenters. The minimum atomic E-state index is -0.795. The molecule has 0 saturated carbocycles. The van der Waals surface area contributed by atoms with Crippen LogP contribution in [0.5, 0.6) is 0 Å². The van der Waals surface area contributed by atoms with E-state index in [2.05, 4.69) is 5.32 Å². The first kappa shape index (κ1) is 15.9. The highest BCUT2D eigenvalue weighted by molar-refractivity contribution is 5.76. The third-order valence-electron chi connectivity index (χ3n) is 2.48. The summed E-state index contributed by atoms with van der Waals surface area (Å²) < 4.78 is 4.95. The molecule has 17 heavy (non-hydrogen) atoms. The van der Waals surface area contributed by atoms with Crippen molar-refractivity contribution in [2.24, 2.45) is 11.8 Å². The molecule has 0 fully saturated rings. The standard InChI is InChI=1S/C12H23NO4/c1-9(4-5-12(15)16)7-13-11(14)6-10(2)8-17-3/h9-10H,4-8H2,1-3H3,(H,13,14)(H,15,16). The largest absolute Gasteiger partial charge is 0.481 e. The van der Waals surface area contributed by atoms with E-state index in [1.54, 1.807) is 7.11 Å². The van der Waals surface area contributed by atoms with Crippen molar-refractivity contribution in [2.75, 3.05) is 20.3 Å². The van der Waals surface area contributed by atoms with Crippen LogP contribution in [0.15, 0.2) is 0 Å². The number of carbonyl (C=O) groups is 2. The second-order valence-electron chi connectivity index (χ2n) is 4.61. The molecule has 0 radical (unpaired) electrons. The smallest absolute Gasteiger partial charge is 0.303 e. The third kappa shape index (κ3) is 9.81. The number of carboxylic acids is 1. The first-order chi connectivity index (χ1) is 7.95. The Morgan fingerprint density at radius 3 is 2.47 bits per heavy atom. The van der Waals surface area contributed by atoms with E-state index in [0.717, 1.165) is 0 Å². The molecule has 0 aliphatic heterocycles. The summed E-state index contributed by atoms with van der Waals surface area (Å²) in [5.74, 6) is -0.407. The molecule has 2 atom stereocenters. The van der Waals surface area contributed by atoms with Gasteiger partial charge in [-0.05, 0) is 18.3 Å². The lowest BCUT2D eigenvalue weighted by atomic mass is 10.1. The molecule has 0 spiro atoms. The SMILES string of the molecule is COCC(C)CC(=O)NCC(C)CCC(=O)O. The summed E-state index contributed by atoms with van der Waals surface area (Å²) in [5.41, 5.74) is 0. The van der Waals surface area contributed by atoms with Crippen LogP contribution in [0.4, 0.5) is 0 Å². The summed E-state index contributed by atoms with van der Waals surface area (Å²) in [5, 5.41) is 11.3. The maximum atomic E-state index is 11.5. The lowest BCUT2D eigenvalue weighted by Gasteiger charge is -2.13. The number of hydrogen-bond donors (Lipinski definition) is 2. The van der Waals surface area contributed by atoms with Gasteiger partial charge >= 0.3 is 5.97 Å². The van der Waals surface area contributed by atoms with Crippen molar-refractivity contribution in [1.29, 1.82) is 0 Å². The number of carbonyl (C=O) groups excluding carboxylic acids is 1. The number of amides is 1. The highest BCUT2D eigenvalue weighted by Crippen LogP contribution is 2.05. The van der Waals surface area contributed by atoms with Crippen molar-refractivity contribution >= 4 is 11.9 Å². The fraction of sp³-hybridized carbons (Fsp3) is 0.833. The molecule has 0 aliphatic carbocycles. The van der Waals surface area contributed by atoms with Gasteiger partial charge < -0.3 is 15.2 Å². The molecular formula is C12H23NO4. The number of hydrogen-bond acceptors (Lipinski definition) is 3. The van der Waals surface area contributed by atoms with E-state index in [0.29, 0.717) is 26.0 Å². The molecule has 0 aromatic rings. The summed E-state index contributed by atoms with van der Waals surface area (Å²) in [7, 11) is 1.61. The van der Waals surface area contributed by atoms with Gasteiger partial charge in [0, 0.05) is 33.1 Å². The molecule has 100 valence electrons. The van der Waals surface area contributed by atoms with Crippen LogP contribution in [0.25, 0.3) is 0 Å². The Morgan fingerprint density at radius 1 is 1.29 bits per heavy atom. The van der Waals surface area contributed by atoms with Crippen LogP contribution in [-0.2, 0) is 14.3 Å². The van der Waals surface area contributed by atoms with Gasteiger partial charge in [0.25, 0.3) is 0 Å². The number of aliphatic carboxylic acids is 1. The van der Waals surface area contributed by atoms with Crippen molar-refractivity contribution in [1.82, 2.24) is 5.32 Å². The molecule has 5 heteroatoms. The number of carboxylic acid groups (broad SMARTS) is 1. The quantitative estimate of drug-likeness (QED) is 0.641. The Bertz CT molecular complexity index is 243. The highest BCUT2D eigenvalue weighted by Gasteiger charge is 2.10. The van der Waals surface area contributed by atoms with Gasteiger partial charge in [0.15, 0.2) is 0 Å². The molecule has 0 aliphatic rings. The summed E-state index contributed by atoms with van der Waals surface area (Å²) in [6.07, 6.45) is 1.18. The van der Waals surface area contributed by atoms with E-state index in [1.807, 2.05) is 13.8 Å². The van der Waals surface area contributed by atoms with Gasteiger partial charge in [-0.25, -0.2) is 0 Å². The second kappa shape index (κ2) is 8.98. The summed E-state index contributed by atoms with van der Waals surface area (Å²) >= 11 is 0. The molecule has 5 nitrogen and oxygen atoms in total. The molecule has 0 aromatic heterocycles. The summed E-state index contributed by atoms with van der Waals surface area (Å²) in [6, 6.07) is 0. The maximum absolute atomic E-state index is 11.5. The normalized spacial score (nSPS) is 14.1. The van der Waals surface area contributed by atoms with Gasteiger partial charge in [0.05, 0.1) is 0 Å². The highest BCUT2D eigenvalue weighted by atomic mass is 16.5. The second-order valence-corrected chi connectivity index (χ2v) is 4.61. The zero-order valence-corrected chi connectivity index (χ0v) is 10.9. The van der Waals surface area contributed by atoms with Crippen molar-refractivity contribution in [3.8, 4) is 0 Å². The molecule has 0 saturated heterocycles. The predicted octanol–water partition coefficient (Wildman–Crippen LogP) is 1.28. The minimum absolute atomic E-state index is 0.00303. The fourth-order valence-corrected chi connectivity index (χ4v) is 1.49. The topological polar surface area (TPSA) is 75.6 Å². The molecule has 0 heterocycles. The first-order valence-corrected chi connectivity index (χ1v) is 5.93. The molecule has 0 aromatic carbocycles. The number of ether oxygens (including phenoxy) is 1. The van der Waals surface area contributed by atoms with Crippen LogP contribution in [0.2, 0.25) is 0 Å². The van der Waals surface area contributed by atoms with E-state index in [-0.39, 0.29) is 24.2 Å². The number of rotatable bonds is 9. The maximum Gasteiger partial charge on any atom is 0.303 e. The molecule has 0 rings (SSSR count). The predicted molar refractivity (Wildman–Crippen MR) is 64.7 cm³/mol. The zero-order chi connectivity index (χ0) is 13.3. The average molecular weight is 245 g/mol. The number of methoxy groups -OCH3 is 1. The summed E-state index contributed by atoms with van der Waals surface area (Å²) in [4.78, 5) is 21.8. The van der Waals surface area contributed by atoms with Crippen LogP contribution in [0.1, 0.15) is 33.1 Å². The summed E-state index contributed by atoms with van der Waals surface area (Å²) in [6.45, 7) is 4.99. The molecular weight excluding hydrogens is 222 g/mol. The van der Waals surface area contributed by atoms with Gasteiger partial charge in [-0.3, -0.25) is 9.59 Å². The fourth-order valence-electron chi connectivity index (χ4n) is 1.49. The van der Waals surface area contributed by atoms with E-state index in [1.165, 1.54) is 0 Å². The minimum Gasteiger partial charge on any atom is -0.481 e. The van der Waals surface area contributed by atoms with Gasteiger partial charge in [0.1, 0.15) is 0 Å². The Hall–Kier alpha value is -1.10. The average Bonchev–Trinajstić information content (AvgIpc) is 2.23. The Labute approximate surface area is 103 Å². The van der Waals surface area contributed by atoms with Gasteiger partial charge in [-0.2, -0.15) is 0 Å². The molecule has 1 amide bonds. The van der Waals surface area contributed by atoms with E-state index < -0.39 is 5.97 Å². The monoisotopic (exact) mass is 245 g/mol. The van der Waals surface area contributed by atoms with Crippen molar-refractivity contribution in [3.63, 3.8) is 0 Å². The first-order valence-electron chi connectivity index (χ1n) is 5.93. The van der Waals surface area contributed by atoms with Gasteiger partial charge in [0.2, 0.25) is 5.91 Å². The van der Waals surface area contributed by atoms with Crippen LogP contribution in [0.3, 0.4) is 0 Å². The van der Waals surface area contributed by atoms with E-state index >= 15 is 0 Å². The number of nitrogens with one attached hydrogen (secondary N) is 1. The lowest BCUT2D eigenvalue weighted by Crippen LogP contribution is -2.30. The van der Waals surface area contributed by atoms with E-state index in [9.17, 15) is 9.59 Å². The van der Waals surface area contributed by atoms with Crippen molar-refractivity contribution in [3.05, 3.63) is 0 Å². The van der Waals surface area contributed by atoms with Crippen LogP contribution in [0, 0.1) is 11.8 Å². The third-order valence-corrected chi connectivity index (χ3v) is 2.48. The Morgan fingerprint density at radius 2 is 1.94 bits per heavy atom. The molecule has 0 bridgehead atoms. The van der Waals surface area contributed by atoms with Crippen molar-refractivity contribution < 1.29 is 19.4 Å². The lowest BCUT2D eigenvalue weighted by molar-refractivity contribution is -0.137. The van der Waals surface area contributed by atoms with Gasteiger partial charge in [-0.1, -0.05) is 13.8 Å². The molecule has 2 N–H and O–H groups in total. The van der Waals surface area contributed by atoms with Gasteiger partial charge in [-0.15, -0.1) is 0 Å². The Balaban J connectivity index is 3.65. The van der Waals surface area contributed by atoms with Crippen LogP contribution >= 0.6 is 0 Å². The van der Waals surface area contributed by atoms with Crippen LogP contribution in [-0.4, -0.2) is 37.2 Å². The zero-order valence-electron chi connectivity index (χ0n) is 10.9. The Kier molecular flexibility index (Phi) is 8.40. The van der Waals surface area contributed by atoms with Crippen molar-refractivity contribution in [2.45, 2.75) is 33.1 Å². The van der Waals surface area contributed by atoms with Crippen LogP contribution < -0.4 is 5.32 Å².